The molecule has 0 aromatic heterocycles. The van der Waals surface area contributed by atoms with Gasteiger partial charge in [-0.1, -0.05) is 48.5 Å². The summed E-state index contributed by atoms with van der Waals surface area (Å²) < 4.78 is 36.8. The lowest BCUT2D eigenvalue weighted by Crippen LogP contribution is -2.39. The summed E-state index contributed by atoms with van der Waals surface area (Å²) in [6, 6.07) is 20.4. The molecule has 0 spiro atoms. The first-order valence-corrected chi connectivity index (χ1v) is 13.5. The van der Waals surface area contributed by atoms with Gasteiger partial charge >= 0.3 is 15.2 Å². The summed E-state index contributed by atoms with van der Waals surface area (Å²) in [4.78, 5) is 47.7. The molecule has 2 atom stereocenters. The molecule has 1 aliphatic heterocycles. The second-order valence-corrected chi connectivity index (χ2v) is 12.0. The van der Waals surface area contributed by atoms with Gasteiger partial charge in [0.1, 0.15) is 11.5 Å². The molecule has 0 saturated carbocycles. The monoisotopic (exact) mass is 517 g/mol. The molecule has 1 heterocycles. The summed E-state index contributed by atoms with van der Waals surface area (Å²) in [5.41, 5.74) is 0.225. The quantitative estimate of drug-likeness (QED) is 0.284. The van der Waals surface area contributed by atoms with E-state index in [1.165, 1.54) is 60.7 Å². The number of hydrogen-bond donors (Lipinski definition) is 3. The Morgan fingerprint density at radius 2 is 1.06 bits per heavy atom. The number of carbonyl (C=O) groups excluding carboxylic acids is 2. The number of fused-ring (bicyclic) bond motifs is 1. The standard InChI is InChI=1S/C23H21NO9P2/c25-21-19-13-7-8-14-20(19)22(26)24(21)16-15-23(27,34(28,29)32-17-9-3-1-4-10-17)35(30,31)33-18-11-5-2-6-12-18/h1-14,27H,15-16H2,(H,28,29)(H,30,31). The lowest BCUT2D eigenvalue weighted by molar-refractivity contribution is 0.0605. The van der Waals surface area contributed by atoms with Crippen LogP contribution in [-0.2, 0) is 9.13 Å². The maximum absolute atomic E-state index is 13.3. The van der Waals surface area contributed by atoms with E-state index in [2.05, 4.69) is 0 Å². The average molecular weight is 517 g/mol. The fourth-order valence-electron chi connectivity index (χ4n) is 3.54. The van der Waals surface area contributed by atoms with Crippen LogP contribution in [0, 0.1) is 0 Å². The normalized spacial score (nSPS) is 18.2. The topological polar surface area (TPSA) is 151 Å². The smallest absolute Gasteiger partial charge is 0.421 e. The predicted octanol–water partition coefficient (Wildman–Crippen LogP) is 3.85. The Hall–Kier alpha value is -3.26. The highest BCUT2D eigenvalue weighted by atomic mass is 31.2. The van der Waals surface area contributed by atoms with Crippen molar-refractivity contribution in [2.75, 3.05) is 6.54 Å². The Balaban J connectivity index is 1.67. The number of para-hydroxylation sites is 2. The van der Waals surface area contributed by atoms with E-state index in [1.54, 1.807) is 24.3 Å². The van der Waals surface area contributed by atoms with Crippen molar-refractivity contribution in [2.45, 2.75) is 11.5 Å². The summed E-state index contributed by atoms with van der Waals surface area (Å²) >= 11 is 0. The number of rotatable bonds is 9. The molecule has 0 radical (unpaired) electrons. The molecule has 4 rings (SSSR count). The maximum atomic E-state index is 13.3. The summed E-state index contributed by atoms with van der Waals surface area (Å²) in [7, 11) is -10.8. The second-order valence-electron chi connectivity index (χ2n) is 7.68. The highest BCUT2D eigenvalue weighted by Crippen LogP contribution is 2.72. The van der Waals surface area contributed by atoms with Gasteiger partial charge in [-0.3, -0.25) is 14.5 Å². The summed E-state index contributed by atoms with van der Waals surface area (Å²) in [5, 5.41) is 7.91. The van der Waals surface area contributed by atoms with E-state index >= 15 is 0 Å². The molecule has 2 amide bonds. The van der Waals surface area contributed by atoms with Gasteiger partial charge in [0.25, 0.3) is 16.9 Å². The van der Waals surface area contributed by atoms with Gasteiger partial charge < -0.3 is 23.9 Å². The highest BCUT2D eigenvalue weighted by Gasteiger charge is 2.64. The molecule has 0 bridgehead atoms. The molecule has 12 heteroatoms. The Bertz CT molecular complexity index is 1250. The van der Waals surface area contributed by atoms with Crippen LogP contribution in [0.25, 0.3) is 0 Å². The van der Waals surface area contributed by atoms with Crippen LogP contribution in [0.1, 0.15) is 27.1 Å². The van der Waals surface area contributed by atoms with Crippen LogP contribution in [0.5, 0.6) is 11.5 Å². The minimum absolute atomic E-state index is 0.112. The first-order chi connectivity index (χ1) is 16.6. The van der Waals surface area contributed by atoms with Gasteiger partial charge in [0.15, 0.2) is 0 Å². The van der Waals surface area contributed by atoms with Crippen molar-refractivity contribution < 1.29 is 42.7 Å². The molecule has 0 aliphatic carbocycles. The van der Waals surface area contributed by atoms with E-state index < -0.39 is 45.1 Å². The third kappa shape index (κ3) is 4.67. The first kappa shape index (κ1) is 24.9. The number of hydrogen-bond acceptors (Lipinski definition) is 7. The lowest BCUT2D eigenvalue weighted by atomic mass is 10.1. The zero-order chi connectivity index (χ0) is 25.3. The van der Waals surface area contributed by atoms with Crippen LogP contribution in [0.2, 0.25) is 0 Å². The van der Waals surface area contributed by atoms with Gasteiger partial charge in [-0.05, 0) is 36.4 Å². The van der Waals surface area contributed by atoms with Crippen molar-refractivity contribution in [1.29, 1.82) is 0 Å². The van der Waals surface area contributed by atoms with E-state index in [9.17, 15) is 33.6 Å². The van der Waals surface area contributed by atoms with Gasteiger partial charge in [-0.2, -0.15) is 0 Å². The molecule has 1 aliphatic rings. The van der Waals surface area contributed by atoms with Crippen molar-refractivity contribution in [3.05, 3.63) is 96.1 Å². The molecule has 3 N–H and O–H groups in total. The molecule has 3 aromatic carbocycles. The van der Waals surface area contributed by atoms with Gasteiger partial charge in [-0.15, -0.1) is 0 Å². The van der Waals surface area contributed by atoms with Crippen LogP contribution in [0.15, 0.2) is 84.9 Å². The number of carbonyl (C=O) groups is 2. The SMILES string of the molecule is O=C1c2ccccc2C(=O)N1CCC(O)(P(=O)(O)Oc1ccccc1)P(=O)(O)Oc1ccccc1. The number of benzene rings is 3. The van der Waals surface area contributed by atoms with Crippen molar-refractivity contribution in [2.24, 2.45) is 0 Å². The third-order valence-corrected chi connectivity index (χ3v) is 10.1. The molecule has 35 heavy (non-hydrogen) atoms. The van der Waals surface area contributed by atoms with Crippen LogP contribution in [0.3, 0.4) is 0 Å². The summed E-state index contributed by atoms with van der Waals surface area (Å²) in [6.45, 7) is -0.658. The van der Waals surface area contributed by atoms with Gasteiger partial charge in [0, 0.05) is 13.0 Å². The lowest BCUT2D eigenvalue weighted by Gasteiger charge is -2.34. The Morgan fingerprint density at radius 1 is 0.686 bits per heavy atom. The minimum Gasteiger partial charge on any atom is -0.422 e. The van der Waals surface area contributed by atoms with Gasteiger partial charge in [0.2, 0.25) is 0 Å². The van der Waals surface area contributed by atoms with Crippen LogP contribution in [0.4, 0.5) is 0 Å². The number of aliphatic hydroxyl groups is 1. The maximum Gasteiger partial charge on any atom is 0.421 e. The summed E-state index contributed by atoms with van der Waals surface area (Å²) in [6.07, 6.45) is -0.986. The third-order valence-electron chi connectivity index (χ3n) is 5.40. The molecule has 0 fully saturated rings. The van der Waals surface area contributed by atoms with Crippen LogP contribution >= 0.6 is 15.2 Å². The van der Waals surface area contributed by atoms with Gasteiger partial charge in [-0.25, -0.2) is 9.13 Å². The Morgan fingerprint density at radius 3 is 1.46 bits per heavy atom. The average Bonchev–Trinajstić information content (AvgIpc) is 3.07. The summed E-state index contributed by atoms with van der Waals surface area (Å²) in [5.74, 6) is -1.72. The van der Waals surface area contributed by atoms with Crippen molar-refractivity contribution in [3.63, 3.8) is 0 Å². The zero-order valence-electron chi connectivity index (χ0n) is 18.1. The number of nitrogens with zero attached hydrogens (tertiary/aromatic N) is 1. The molecule has 0 saturated heterocycles. The zero-order valence-corrected chi connectivity index (χ0v) is 19.9. The first-order valence-electron chi connectivity index (χ1n) is 10.4. The highest BCUT2D eigenvalue weighted by molar-refractivity contribution is 7.73. The van der Waals surface area contributed by atoms with Gasteiger partial charge in [0.05, 0.1) is 11.1 Å². The van der Waals surface area contributed by atoms with E-state index in [0.717, 1.165) is 4.90 Å². The number of amides is 2. The fraction of sp³-hybridized carbons (Fsp3) is 0.130. The van der Waals surface area contributed by atoms with Crippen molar-refractivity contribution in [3.8, 4) is 11.5 Å². The molecule has 3 aromatic rings. The fourth-order valence-corrected chi connectivity index (χ4v) is 6.94. The molecule has 10 nitrogen and oxygen atoms in total. The van der Waals surface area contributed by atoms with Crippen molar-refractivity contribution >= 4 is 27.0 Å². The Kier molecular flexibility index (Phi) is 6.68. The van der Waals surface area contributed by atoms with E-state index in [0.29, 0.717) is 0 Å². The van der Waals surface area contributed by atoms with Crippen LogP contribution < -0.4 is 9.05 Å². The van der Waals surface area contributed by atoms with Crippen LogP contribution in [-0.4, -0.2) is 43.2 Å². The van der Waals surface area contributed by atoms with E-state index in [1.807, 2.05) is 0 Å². The largest absolute Gasteiger partial charge is 0.422 e. The molecule has 2 unspecified atom stereocenters. The van der Waals surface area contributed by atoms with Crippen molar-refractivity contribution in [1.82, 2.24) is 4.90 Å². The number of imide groups is 1. The minimum atomic E-state index is -5.40. The molecular weight excluding hydrogens is 496 g/mol. The van der Waals surface area contributed by atoms with E-state index in [-0.39, 0.29) is 22.6 Å². The van der Waals surface area contributed by atoms with E-state index in [4.69, 9.17) is 9.05 Å². The predicted molar refractivity (Wildman–Crippen MR) is 125 cm³/mol. The molecule has 182 valence electrons. The Labute approximate surface area is 200 Å². The molecular formula is C23H21NO9P2. The second kappa shape index (κ2) is 9.41.